The fraction of sp³-hybridized carbons (Fsp3) is 0.462. The minimum absolute atomic E-state index is 0.369. The van der Waals surface area contributed by atoms with Crippen LogP contribution in [0.3, 0.4) is 0 Å². The summed E-state index contributed by atoms with van der Waals surface area (Å²) in [5, 5.41) is 0. The molecule has 0 spiro atoms. The molecule has 88 valence electrons. The van der Waals surface area contributed by atoms with Crippen LogP contribution in [0.25, 0.3) is 0 Å². The van der Waals surface area contributed by atoms with Crippen molar-refractivity contribution in [1.29, 1.82) is 0 Å². The second-order valence-electron chi connectivity index (χ2n) is 4.02. The topological polar surface area (TPSA) is 35.2 Å². The highest BCUT2D eigenvalue weighted by atomic mass is 32.1. The quantitative estimate of drug-likeness (QED) is 0.799. The Labute approximate surface area is 103 Å². The third-order valence-electron chi connectivity index (χ3n) is 2.59. The minimum Gasteiger partial charge on any atom is -0.494 e. The normalized spacial score (nSPS) is 12.2. The predicted molar refractivity (Wildman–Crippen MR) is 72.2 cm³/mol. The number of hydrogen-bond acceptors (Lipinski definition) is 2. The lowest BCUT2D eigenvalue weighted by atomic mass is 9.93. The highest BCUT2D eigenvalue weighted by Gasteiger charge is 2.10. The van der Waals surface area contributed by atoms with Crippen molar-refractivity contribution in [3.63, 3.8) is 0 Å². The van der Waals surface area contributed by atoms with E-state index < -0.39 is 0 Å². The summed E-state index contributed by atoms with van der Waals surface area (Å²) >= 11 is 4.94. The van der Waals surface area contributed by atoms with Crippen LogP contribution in [0.2, 0.25) is 0 Å². The molecule has 0 aliphatic rings. The largest absolute Gasteiger partial charge is 0.494 e. The average Bonchev–Trinajstić information content (AvgIpc) is 2.16. The Morgan fingerprint density at radius 2 is 2.19 bits per heavy atom. The Morgan fingerprint density at radius 3 is 2.69 bits per heavy atom. The monoisotopic (exact) mass is 237 g/mol. The lowest BCUT2D eigenvalue weighted by molar-refractivity contribution is 0.340. The van der Waals surface area contributed by atoms with Crippen molar-refractivity contribution in [1.82, 2.24) is 0 Å². The number of nitrogens with two attached hydrogens (primary N) is 1. The van der Waals surface area contributed by atoms with Crippen LogP contribution in [0.1, 0.15) is 37.3 Å². The molecule has 0 aliphatic carbocycles. The van der Waals surface area contributed by atoms with Gasteiger partial charge in [0.15, 0.2) is 0 Å². The first-order chi connectivity index (χ1) is 7.54. The summed E-state index contributed by atoms with van der Waals surface area (Å²) in [5.41, 5.74) is 8.08. The maximum absolute atomic E-state index is 5.57. The van der Waals surface area contributed by atoms with E-state index in [2.05, 4.69) is 26.0 Å². The number of hydrogen-bond donors (Lipinski definition) is 1. The maximum Gasteiger partial charge on any atom is 0.119 e. The van der Waals surface area contributed by atoms with Gasteiger partial charge in [0.25, 0.3) is 0 Å². The van der Waals surface area contributed by atoms with E-state index in [0.717, 1.165) is 12.2 Å². The van der Waals surface area contributed by atoms with Crippen LogP contribution < -0.4 is 10.5 Å². The molecule has 0 aromatic heterocycles. The number of thiocarbonyl (C=S) groups is 1. The number of aryl methyl sites for hydroxylation is 1. The van der Waals surface area contributed by atoms with Crippen molar-refractivity contribution in [3.8, 4) is 5.75 Å². The van der Waals surface area contributed by atoms with E-state index in [-0.39, 0.29) is 0 Å². The standard InChI is InChI=1S/C13H19NOS/c1-4-15-11-5-6-12(9(2)7-11)10(3)8-13(14)16/h5-7,10H,4,8H2,1-3H3,(H2,14,16). The summed E-state index contributed by atoms with van der Waals surface area (Å²) < 4.78 is 5.45. The van der Waals surface area contributed by atoms with Gasteiger partial charge < -0.3 is 10.5 Å². The lowest BCUT2D eigenvalue weighted by Gasteiger charge is -2.15. The first kappa shape index (κ1) is 13.0. The SMILES string of the molecule is CCOc1ccc(C(C)CC(N)=S)c(C)c1. The zero-order valence-corrected chi connectivity index (χ0v) is 10.9. The van der Waals surface area contributed by atoms with E-state index in [0.29, 0.717) is 17.5 Å². The van der Waals surface area contributed by atoms with Gasteiger partial charge in [-0.25, -0.2) is 0 Å². The Hall–Kier alpha value is -1.09. The fourth-order valence-corrected chi connectivity index (χ4v) is 2.12. The fourth-order valence-electron chi connectivity index (χ4n) is 1.87. The molecule has 0 bridgehead atoms. The Balaban J connectivity index is 2.85. The smallest absolute Gasteiger partial charge is 0.119 e. The molecule has 0 saturated heterocycles. The van der Waals surface area contributed by atoms with Gasteiger partial charge in [-0.1, -0.05) is 25.2 Å². The van der Waals surface area contributed by atoms with Crippen molar-refractivity contribution < 1.29 is 4.74 Å². The highest BCUT2D eigenvalue weighted by molar-refractivity contribution is 7.80. The van der Waals surface area contributed by atoms with E-state index in [4.69, 9.17) is 22.7 Å². The van der Waals surface area contributed by atoms with Crippen LogP contribution in [0.4, 0.5) is 0 Å². The molecule has 0 aliphatic heterocycles. The second kappa shape index (κ2) is 5.85. The Morgan fingerprint density at radius 1 is 1.50 bits per heavy atom. The van der Waals surface area contributed by atoms with Gasteiger partial charge in [0.05, 0.1) is 11.6 Å². The summed E-state index contributed by atoms with van der Waals surface area (Å²) in [6.07, 6.45) is 0.754. The van der Waals surface area contributed by atoms with Crippen LogP contribution in [0.15, 0.2) is 18.2 Å². The van der Waals surface area contributed by atoms with Gasteiger partial charge in [-0.15, -0.1) is 0 Å². The molecule has 0 saturated carbocycles. The van der Waals surface area contributed by atoms with E-state index in [1.807, 2.05) is 13.0 Å². The minimum atomic E-state index is 0.369. The van der Waals surface area contributed by atoms with Crippen LogP contribution in [-0.4, -0.2) is 11.6 Å². The summed E-state index contributed by atoms with van der Waals surface area (Å²) in [6.45, 7) is 6.91. The van der Waals surface area contributed by atoms with Gasteiger partial charge in [-0.05, 0) is 43.0 Å². The van der Waals surface area contributed by atoms with E-state index in [1.54, 1.807) is 0 Å². The van der Waals surface area contributed by atoms with Gasteiger partial charge in [-0.3, -0.25) is 0 Å². The van der Waals surface area contributed by atoms with Crippen molar-refractivity contribution in [3.05, 3.63) is 29.3 Å². The third kappa shape index (κ3) is 3.49. The van der Waals surface area contributed by atoms with E-state index in [1.165, 1.54) is 11.1 Å². The molecule has 1 aromatic rings. The molecule has 3 heteroatoms. The van der Waals surface area contributed by atoms with Crippen molar-refractivity contribution in [2.45, 2.75) is 33.1 Å². The predicted octanol–water partition coefficient (Wildman–Crippen LogP) is 3.17. The molecule has 0 radical (unpaired) electrons. The third-order valence-corrected chi connectivity index (χ3v) is 2.76. The second-order valence-corrected chi connectivity index (χ2v) is 4.55. The maximum atomic E-state index is 5.57. The average molecular weight is 237 g/mol. The molecule has 0 fully saturated rings. The van der Waals surface area contributed by atoms with Gasteiger partial charge in [0.1, 0.15) is 5.75 Å². The Bertz CT molecular complexity index is 376. The summed E-state index contributed by atoms with van der Waals surface area (Å²) in [4.78, 5) is 0.570. The molecule has 0 amide bonds. The molecule has 1 aromatic carbocycles. The van der Waals surface area contributed by atoms with Crippen molar-refractivity contribution in [2.24, 2.45) is 5.73 Å². The Kier molecular flexibility index (Phi) is 4.74. The highest BCUT2D eigenvalue weighted by Crippen LogP contribution is 2.26. The molecular weight excluding hydrogens is 218 g/mol. The van der Waals surface area contributed by atoms with Crippen molar-refractivity contribution in [2.75, 3.05) is 6.61 Å². The molecular formula is C13H19NOS. The molecule has 2 nitrogen and oxygen atoms in total. The molecule has 1 unspecified atom stereocenters. The van der Waals surface area contributed by atoms with Crippen LogP contribution >= 0.6 is 12.2 Å². The first-order valence-corrected chi connectivity index (χ1v) is 5.97. The van der Waals surface area contributed by atoms with Gasteiger partial charge in [0.2, 0.25) is 0 Å². The van der Waals surface area contributed by atoms with Gasteiger partial charge >= 0.3 is 0 Å². The summed E-state index contributed by atoms with van der Waals surface area (Å²) in [6, 6.07) is 6.17. The molecule has 1 atom stereocenters. The molecule has 1 rings (SSSR count). The van der Waals surface area contributed by atoms with Crippen LogP contribution in [-0.2, 0) is 0 Å². The number of benzene rings is 1. The lowest BCUT2D eigenvalue weighted by Crippen LogP contribution is -2.12. The number of ether oxygens (including phenoxy) is 1. The van der Waals surface area contributed by atoms with E-state index >= 15 is 0 Å². The first-order valence-electron chi connectivity index (χ1n) is 5.56. The molecule has 2 N–H and O–H groups in total. The van der Waals surface area contributed by atoms with Gasteiger partial charge in [0, 0.05) is 6.42 Å². The summed E-state index contributed by atoms with van der Waals surface area (Å²) in [5.74, 6) is 1.29. The zero-order valence-electron chi connectivity index (χ0n) is 10.1. The summed E-state index contributed by atoms with van der Waals surface area (Å²) in [7, 11) is 0. The number of rotatable bonds is 5. The van der Waals surface area contributed by atoms with Gasteiger partial charge in [-0.2, -0.15) is 0 Å². The van der Waals surface area contributed by atoms with Crippen molar-refractivity contribution >= 4 is 17.2 Å². The molecule has 16 heavy (non-hydrogen) atoms. The molecule has 0 heterocycles. The van der Waals surface area contributed by atoms with Crippen LogP contribution in [0, 0.1) is 6.92 Å². The zero-order chi connectivity index (χ0) is 12.1. The van der Waals surface area contributed by atoms with Crippen LogP contribution in [0.5, 0.6) is 5.75 Å². The van der Waals surface area contributed by atoms with E-state index in [9.17, 15) is 0 Å².